The fourth-order valence-electron chi connectivity index (χ4n) is 3.05. The number of nitrogens with zero attached hydrogens (tertiary/aromatic N) is 3. The monoisotopic (exact) mass is 365 g/mol. The number of hydrogen-bond acceptors (Lipinski definition) is 4. The Morgan fingerprint density at radius 1 is 1.22 bits per heavy atom. The quantitative estimate of drug-likeness (QED) is 0.738. The van der Waals surface area contributed by atoms with Crippen LogP contribution in [-0.2, 0) is 13.1 Å². The van der Waals surface area contributed by atoms with E-state index < -0.39 is 11.8 Å². The van der Waals surface area contributed by atoms with Crippen molar-refractivity contribution < 1.29 is 14.0 Å². The van der Waals surface area contributed by atoms with Crippen LogP contribution in [0.4, 0.5) is 4.39 Å². The predicted molar refractivity (Wildman–Crippen MR) is 94.2 cm³/mol. The molecule has 8 heteroatoms. The third kappa shape index (κ3) is 3.41. The average molecular weight is 365 g/mol. The van der Waals surface area contributed by atoms with Gasteiger partial charge in [0.25, 0.3) is 11.8 Å². The van der Waals surface area contributed by atoms with Gasteiger partial charge in [-0.2, -0.15) is 0 Å². The summed E-state index contributed by atoms with van der Waals surface area (Å²) in [5.74, 6) is -1.32. The lowest BCUT2D eigenvalue weighted by Crippen LogP contribution is -2.40. The molecule has 2 N–H and O–H groups in total. The number of fused-ring (bicyclic) bond motifs is 1. The molecule has 0 aliphatic carbocycles. The second kappa shape index (κ2) is 6.99. The highest BCUT2D eigenvalue weighted by molar-refractivity contribution is 6.05. The summed E-state index contributed by atoms with van der Waals surface area (Å²) in [6.07, 6.45) is 0. The average Bonchev–Trinajstić information content (AvgIpc) is 3.12. The van der Waals surface area contributed by atoms with Crippen LogP contribution in [0.3, 0.4) is 0 Å². The maximum absolute atomic E-state index is 13.2. The fourth-order valence-corrected chi connectivity index (χ4v) is 3.05. The smallest absolute Gasteiger partial charge is 0.274 e. The van der Waals surface area contributed by atoms with E-state index in [0.29, 0.717) is 12.1 Å². The second-order valence-electron chi connectivity index (χ2n) is 6.22. The SMILES string of the molecule is O=C(NCc1cccc(F)c1)c1nnn2c1C(=O)NC(c1ccccc1)C2. The summed E-state index contributed by atoms with van der Waals surface area (Å²) in [5, 5.41) is 13.4. The molecular formula is C19H16FN5O2. The van der Waals surface area contributed by atoms with Crippen molar-refractivity contribution in [3.8, 4) is 0 Å². The summed E-state index contributed by atoms with van der Waals surface area (Å²) in [4.78, 5) is 25.0. The summed E-state index contributed by atoms with van der Waals surface area (Å²) in [5.41, 5.74) is 1.64. The number of halogens is 1. The standard InChI is InChI=1S/C19H16FN5O2/c20-14-8-4-5-12(9-14)10-21-18(26)16-17-19(27)22-15(11-25(17)24-23-16)13-6-2-1-3-7-13/h1-9,15H,10-11H2,(H,21,26)(H,22,27). The maximum Gasteiger partial charge on any atom is 0.274 e. The molecule has 0 saturated carbocycles. The van der Waals surface area contributed by atoms with Crippen LogP contribution in [0, 0.1) is 5.82 Å². The normalized spacial score (nSPS) is 15.7. The maximum atomic E-state index is 13.2. The predicted octanol–water partition coefficient (Wildman–Crippen LogP) is 1.83. The number of aromatic nitrogens is 3. The Balaban J connectivity index is 1.51. The van der Waals surface area contributed by atoms with Gasteiger partial charge >= 0.3 is 0 Å². The minimum atomic E-state index is -0.533. The summed E-state index contributed by atoms with van der Waals surface area (Å²) in [6, 6.07) is 15.2. The zero-order valence-electron chi connectivity index (χ0n) is 14.2. The van der Waals surface area contributed by atoms with Crippen LogP contribution in [0.5, 0.6) is 0 Å². The van der Waals surface area contributed by atoms with Gasteiger partial charge in [0, 0.05) is 6.54 Å². The topological polar surface area (TPSA) is 88.9 Å². The van der Waals surface area contributed by atoms with E-state index in [2.05, 4.69) is 20.9 Å². The van der Waals surface area contributed by atoms with Crippen LogP contribution in [0.25, 0.3) is 0 Å². The van der Waals surface area contributed by atoms with Gasteiger partial charge in [0.05, 0.1) is 12.6 Å². The van der Waals surface area contributed by atoms with Crippen molar-refractivity contribution in [3.63, 3.8) is 0 Å². The Bertz CT molecular complexity index is 1000. The van der Waals surface area contributed by atoms with Gasteiger partial charge in [0.1, 0.15) is 5.82 Å². The van der Waals surface area contributed by atoms with Crippen LogP contribution in [0.1, 0.15) is 38.1 Å². The summed E-state index contributed by atoms with van der Waals surface area (Å²) < 4.78 is 14.7. The Hall–Kier alpha value is -3.55. The van der Waals surface area contributed by atoms with Crippen LogP contribution < -0.4 is 10.6 Å². The molecule has 0 radical (unpaired) electrons. The Morgan fingerprint density at radius 2 is 2.04 bits per heavy atom. The van der Waals surface area contributed by atoms with Crippen molar-refractivity contribution in [2.45, 2.75) is 19.1 Å². The molecule has 1 atom stereocenters. The van der Waals surface area contributed by atoms with Crippen molar-refractivity contribution in [1.29, 1.82) is 0 Å². The van der Waals surface area contributed by atoms with Crippen LogP contribution >= 0.6 is 0 Å². The first kappa shape index (κ1) is 16.9. The first-order chi connectivity index (χ1) is 13.1. The van der Waals surface area contributed by atoms with E-state index >= 15 is 0 Å². The number of hydrogen-bond donors (Lipinski definition) is 2. The molecule has 136 valence electrons. The fraction of sp³-hybridized carbons (Fsp3) is 0.158. The molecule has 2 heterocycles. The molecule has 1 aliphatic rings. The third-order valence-electron chi connectivity index (χ3n) is 4.37. The molecule has 1 aliphatic heterocycles. The minimum Gasteiger partial charge on any atom is -0.346 e. The highest BCUT2D eigenvalue weighted by Gasteiger charge is 2.32. The lowest BCUT2D eigenvalue weighted by Gasteiger charge is -2.24. The molecule has 1 aromatic heterocycles. The molecule has 2 amide bonds. The van der Waals surface area contributed by atoms with E-state index in [4.69, 9.17) is 0 Å². The zero-order valence-corrected chi connectivity index (χ0v) is 14.2. The number of carbonyl (C=O) groups is 2. The summed E-state index contributed by atoms with van der Waals surface area (Å²) in [7, 11) is 0. The third-order valence-corrected chi connectivity index (χ3v) is 4.37. The van der Waals surface area contributed by atoms with E-state index in [-0.39, 0.29) is 29.8 Å². The Kier molecular flexibility index (Phi) is 4.37. The molecule has 0 bridgehead atoms. The van der Waals surface area contributed by atoms with Crippen molar-refractivity contribution in [2.75, 3.05) is 0 Å². The minimum absolute atomic E-state index is 0.0459. The van der Waals surface area contributed by atoms with Crippen LogP contribution in [-0.4, -0.2) is 26.8 Å². The van der Waals surface area contributed by atoms with Gasteiger partial charge in [-0.25, -0.2) is 9.07 Å². The number of rotatable bonds is 4. The molecular weight excluding hydrogens is 349 g/mol. The number of carbonyl (C=O) groups excluding carboxylic acids is 2. The van der Waals surface area contributed by atoms with Gasteiger partial charge in [0.2, 0.25) is 0 Å². The van der Waals surface area contributed by atoms with Gasteiger partial charge in [0.15, 0.2) is 11.4 Å². The van der Waals surface area contributed by atoms with Crippen molar-refractivity contribution in [2.24, 2.45) is 0 Å². The first-order valence-corrected chi connectivity index (χ1v) is 8.44. The van der Waals surface area contributed by atoms with Crippen molar-refractivity contribution in [1.82, 2.24) is 25.6 Å². The van der Waals surface area contributed by atoms with Crippen molar-refractivity contribution >= 4 is 11.8 Å². The Morgan fingerprint density at radius 3 is 2.81 bits per heavy atom. The molecule has 0 spiro atoms. The van der Waals surface area contributed by atoms with Gasteiger partial charge < -0.3 is 10.6 Å². The zero-order chi connectivity index (χ0) is 18.8. The number of nitrogens with one attached hydrogen (secondary N) is 2. The molecule has 1 unspecified atom stereocenters. The van der Waals surface area contributed by atoms with Gasteiger partial charge in [-0.1, -0.05) is 47.7 Å². The lowest BCUT2D eigenvalue weighted by atomic mass is 10.0. The van der Waals surface area contributed by atoms with E-state index in [1.807, 2.05) is 30.3 Å². The molecule has 3 aromatic rings. The van der Waals surface area contributed by atoms with E-state index in [0.717, 1.165) is 5.56 Å². The van der Waals surface area contributed by atoms with Crippen molar-refractivity contribution in [3.05, 3.63) is 82.9 Å². The Labute approximate surface area is 154 Å². The van der Waals surface area contributed by atoms with E-state index in [1.54, 1.807) is 12.1 Å². The second-order valence-corrected chi connectivity index (χ2v) is 6.22. The highest BCUT2D eigenvalue weighted by atomic mass is 19.1. The molecule has 4 rings (SSSR count). The van der Waals surface area contributed by atoms with Crippen LogP contribution in [0.15, 0.2) is 54.6 Å². The molecule has 2 aromatic carbocycles. The molecule has 0 saturated heterocycles. The van der Waals surface area contributed by atoms with Gasteiger partial charge in [-0.15, -0.1) is 5.10 Å². The molecule has 27 heavy (non-hydrogen) atoms. The number of benzene rings is 2. The largest absolute Gasteiger partial charge is 0.346 e. The lowest BCUT2D eigenvalue weighted by molar-refractivity contribution is 0.0876. The molecule has 7 nitrogen and oxygen atoms in total. The van der Waals surface area contributed by atoms with Gasteiger partial charge in [-0.3, -0.25) is 9.59 Å². The summed E-state index contributed by atoms with van der Waals surface area (Å²) in [6.45, 7) is 0.506. The highest BCUT2D eigenvalue weighted by Crippen LogP contribution is 2.21. The first-order valence-electron chi connectivity index (χ1n) is 8.44. The number of amides is 2. The van der Waals surface area contributed by atoms with Crippen LogP contribution in [0.2, 0.25) is 0 Å². The molecule has 0 fully saturated rings. The van der Waals surface area contributed by atoms with E-state index in [9.17, 15) is 14.0 Å². The van der Waals surface area contributed by atoms with E-state index in [1.165, 1.54) is 16.8 Å². The van der Waals surface area contributed by atoms with Gasteiger partial charge in [-0.05, 0) is 23.3 Å². The summed E-state index contributed by atoms with van der Waals surface area (Å²) >= 11 is 0.